The van der Waals surface area contributed by atoms with Gasteiger partial charge in [-0.05, 0) is 44.7 Å². The molecular weight excluding hydrogens is 288 g/mol. The Morgan fingerprint density at radius 3 is 2.70 bits per heavy atom. The molecule has 1 unspecified atom stereocenters. The normalized spacial score (nSPS) is 23.6. The summed E-state index contributed by atoms with van der Waals surface area (Å²) in [5, 5.41) is 3.23. The molecule has 3 rings (SSSR count). The van der Waals surface area contributed by atoms with Crippen molar-refractivity contribution in [3.8, 4) is 0 Å². The molecule has 1 atom stereocenters. The maximum absolute atomic E-state index is 12.5. The van der Waals surface area contributed by atoms with Crippen LogP contribution in [0.5, 0.6) is 0 Å². The minimum absolute atomic E-state index is 0.136. The summed E-state index contributed by atoms with van der Waals surface area (Å²) in [6.45, 7) is 6.57. The fourth-order valence-electron chi connectivity index (χ4n) is 3.53. The molecule has 0 bridgehead atoms. The number of aryl methyl sites for hydroxylation is 1. The van der Waals surface area contributed by atoms with E-state index < -0.39 is 0 Å². The zero-order valence-electron chi connectivity index (χ0n) is 14.1. The maximum atomic E-state index is 12.5. The van der Waals surface area contributed by atoms with Gasteiger partial charge in [-0.3, -0.25) is 9.69 Å². The number of benzene rings is 1. The minimum atomic E-state index is 0.136. The number of ether oxygens (including phenoxy) is 1. The highest BCUT2D eigenvalue weighted by atomic mass is 16.5. The van der Waals surface area contributed by atoms with Gasteiger partial charge in [-0.15, -0.1) is 0 Å². The van der Waals surface area contributed by atoms with Gasteiger partial charge in [-0.1, -0.05) is 29.8 Å². The molecular formula is C19H28N2O2. The van der Waals surface area contributed by atoms with E-state index in [-0.39, 0.29) is 11.8 Å². The van der Waals surface area contributed by atoms with E-state index in [9.17, 15) is 4.79 Å². The van der Waals surface area contributed by atoms with Gasteiger partial charge in [-0.25, -0.2) is 0 Å². The highest BCUT2D eigenvalue weighted by Crippen LogP contribution is 2.20. The summed E-state index contributed by atoms with van der Waals surface area (Å²) >= 11 is 0. The minimum Gasteiger partial charge on any atom is -0.381 e. The lowest BCUT2D eigenvalue weighted by Crippen LogP contribution is -2.47. The average molecular weight is 316 g/mol. The molecule has 0 aliphatic carbocycles. The number of likely N-dealkylation sites (tertiary alicyclic amines) is 1. The van der Waals surface area contributed by atoms with Gasteiger partial charge >= 0.3 is 0 Å². The third-order valence-corrected chi connectivity index (χ3v) is 4.97. The first-order valence-electron chi connectivity index (χ1n) is 8.87. The van der Waals surface area contributed by atoms with Crippen molar-refractivity contribution in [3.05, 3.63) is 35.4 Å². The molecule has 0 aromatic heterocycles. The van der Waals surface area contributed by atoms with Crippen LogP contribution in [0.1, 0.15) is 36.8 Å². The van der Waals surface area contributed by atoms with Crippen molar-refractivity contribution < 1.29 is 9.53 Å². The van der Waals surface area contributed by atoms with Crippen molar-refractivity contribution in [2.75, 3.05) is 26.3 Å². The van der Waals surface area contributed by atoms with Crippen LogP contribution in [0.15, 0.2) is 24.3 Å². The van der Waals surface area contributed by atoms with Gasteiger partial charge in [-0.2, -0.15) is 0 Å². The quantitative estimate of drug-likeness (QED) is 0.928. The van der Waals surface area contributed by atoms with Crippen molar-refractivity contribution in [3.63, 3.8) is 0 Å². The monoisotopic (exact) mass is 316 g/mol. The lowest BCUT2D eigenvalue weighted by molar-refractivity contribution is -0.128. The largest absolute Gasteiger partial charge is 0.381 e. The fraction of sp³-hybridized carbons (Fsp3) is 0.632. The SMILES string of the molecule is Cc1ccc(CN2CCCC(C(=O)NC3CCOCC3)C2)cc1. The first-order valence-corrected chi connectivity index (χ1v) is 8.87. The van der Waals surface area contributed by atoms with E-state index in [0.29, 0.717) is 6.04 Å². The summed E-state index contributed by atoms with van der Waals surface area (Å²) in [4.78, 5) is 14.9. The lowest BCUT2D eigenvalue weighted by Gasteiger charge is -2.33. The number of hydrogen-bond acceptors (Lipinski definition) is 3. The van der Waals surface area contributed by atoms with E-state index in [0.717, 1.165) is 58.5 Å². The molecule has 4 heteroatoms. The van der Waals surface area contributed by atoms with Gasteiger partial charge in [0.15, 0.2) is 0 Å². The summed E-state index contributed by atoms with van der Waals surface area (Å²) in [7, 11) is 0. The number of nitrogens with one attached hydrogen (secondary N) is 1. The molecule has 1 aromatic rings. The molecule has 2 aliphatic heterocycles. The van der Waals surface area contributed by atoms with Crippen LogP contribution in [-0.4, -0.2) is 43.2 Å². The Kier molecular flexibility index (Phi) is 5.68. The van der Waals surface area contributed by atoms with Crippen LogP contribution in [-0.2, 0) is 16.1 Å². The molecule has 2 fully saturated rings. The van der Waals surface area contributed by atoms with Gasteiger partial charge in [0, 0.05) is 32.3 Å². The fourth-order valence-corrected chi connectivity index (χ4v) is 3.53. The smallest absolute Gasteiger partial charge is 0.224 e. The lowest BCUT2D eigenvalue weighted by atomic mass is 9.95. The molecule has 0 spiro atoms. The van der Waals surface area contributed by atoms with Gasteiger partial charge in [0.25, 0.3) is 0 Å². The van der Waals surface area contributed by atoms with Crippen LogP contribution in [0, 0.1) is 12.8 Å². The van der Waals surface area contributed by atoms with E-state index in [1.807, 2.05) is 0 Å². The summed E-state index contributed by atoms with van der Waals surface area (Å²) in [5.74, 6) is 0.377. The zero-order chi connectivity index (χ0) is 16.1. The van der Waals surface area contributed by atoms with Crippen molar-refractivity contribution in [2.24, 2.45) is 5.92 Å². The standard InChI is InChI=1S/C19H28N2O2/c1-15-4-6-16(7-5-15)13-21-10-2-3-17(14-21)19(22)20-18-8-11-23-12-9-18/h4-7,17-18H,2-3,8-14H2,1H3,(H,20,22). The summed E-state index contributed by atoms with van der Waals surface area (Å²) in [6.07, 6.45) is 4.02. The summed E-state index contributed by atoms with van der Waals surface area (Å²) < 4.78 is 5.36. The predicted molar refractivity (Wildman–Crippen MR) is 91.2 cm³/mol. The third-order valence-electron chi connectivity index (χ3n) is 4.97. The van der Waals surface area contributed by atoms with E-state index in [1.54, 1.807) is 0 Å². The van der Waals surface area contributed by atoms with Crippen LogP contribution in [0.3, 0.4) is 0 Å². The van der Waals surface area contributed by atoms with Gasteiger partial charge < -0.3 is 10.1 Å². The van der Waals surface area contributed by atoms with Crippen LogP contribution in [0.25, 0.3) is 0 Å². The number of carbonyl (C=O) groups excluding carboxylic acids is 1. The molecule has 0 radical (unpaired) electrons. The Bertz CT molecular complexity index is 509. The van der Waals surface area contributed by atoms with Gasteiger partial charge in [0.2, 0.25) is 5.91 Å². The highest BCUT2D eigenvalue weighted by Gasteiger charge is 2.27. The first-order chi connectivity index (χ1) is 11.2. The molecule has 4 nitrogen and oxygen atoms in total. The average Bonchev–Trinajstić information content (AvgIpc) is 2.58. The Hall–Kier alpha value is -1.39. The topological polar surface area (TPSA) is 41.6 Å². The number of piperidine rings is 1. The van der Waals surface area contributed by atoms with E-state index >= 15 is 0 Å². The molecule has 1 amide bonds. The Morgan fingerprint density at radius 1 is 1.22 bits per heavy atom. The molecule has 0 saturated carbocycles. The van der Waals surface area contributed by atoms with Gasteiger partial charge in [0.1, 0.15) is 0 Å². The number of amides is 1. The molecule has 1 aromatic carbocycles. The van der Waals surface area contributed by atoms with E-state index in [2.05, 4.69) is 41.4 Å². The Labute approximate surface area is 139 Å². The van der Waals surface area contributed by atoms with Crippen molar-refractivity contribution in [1.29, 1.82) is 0 Å². The van der Waals surface area contributed by atoms with Crippen LogP contribution in [0.2, 0.25) is 0 Å². The van der Waals surface area contributed by atoms with Crippen LogP contribution in [0.4, 0.5) is 0 Å². The molecule has 2 saturated heterocycles. The van der Waals surface area contributed by atoms with E-state index in [4.69, 9.17) is 4.74 Å². The second kappa shape index (κ2) is 7.93. The zero-order valence-corrected chi connectivity index (χ0v) is 14.1. The van der Waals surface area contributed by atoms with Crippen molar-refractivity contribution in [2.45, 2.75) is 45.2 Å². The molecule has 126 valence electrons. The molecule has 1 N–H and O–H groups in total. The van der Waals surface area contributed by atoms with E-state index in [1.165, 1.54) is 11.1 Å². The third kappa shape index (κ3) is 4.79. The number of carbonyl (C=O) groups is 1. The predicted octanol–water partition coefficient (Wildman–Crippen LogP) is 2.50. The second-order valence-electron chi connectivity index (χ2n) is 6.96. The molecule has 23 heavy (non-hydrogen) atoms. The van der Waals surface area contributed by atoms with Crippen LogP contribution < -0.4 is 5.32 Å². The summed E-state index contributed by atoms with van der Waals surface area (Å²) in [6, 6.07) is 9.02. The summed E-state index contributed by atoms with van der Waals surface area (Å²) in [5.41, 5.74) is 2.63. The highest BCUT2D eigenvalue weighted by molar-refractivity contribution is 5.79. The van der Waals surface area contributed by atoms with Gasteiger partial charge in [0.05, 0.1) is 5.92 Å². The Morgan fingerprint density at radius 2 is 1.96 bits per heavy atom. The molecule has 2 heterocycles. The van der Waals surface area contributed by atoms with Crippen LogP contribution >= 0.6 is 0 Å². The number of nitrogens with zero attached hydrogens (tertiary/aromatic N) is 1. The number of rotatable bonds is 4. The maximum Gasteiger partial charge on any atom is 0.224 e. The van der Waals surface area contributed by atoms with Crippen molar-refractivity contribution >= 4 is 5.91 Å². The first kappa shape index (κ1) is 16.5. The molecule has 2 aliphatic rings. The van der Waals surface area contributed by atoms with Crippen molar-refractivity contribution in [1.82, 2.24) is 10.2 Å². The Balaban J connectivity index is 1.50. The second-order valence-corrected chi connectivity index (χ2v) is 6.96. The number of hydrogen-bond donors (Lipinski definition) is 1.